The lowest BCUT2D eigenvalue weighted by Crippen LogP contribution is -2.06. The molecule has 0 bridgehead atoms. The van der Waals surface area contributed by atoms with Crippen molar-refractivity contribution in [3.05, 3.63) is 175 Å². The van der Waals surface area contributed by atoms with Gasteiger partial charge in [-0.05, 0) is 71.4 Å². The topological polar surface area (TPSA) is 62.4 Å². The summed E-state index contributed by atoms with van der Waals surface area (Å²) >= 11 is 0. The molecule has 246 valence electrons. The molecule has 5 heteroatoms. The molecule has 0 saturated heterocycles. The first kappa shape index (κ1) is 29.3. The highest BCUT2D eigenvalue weighted by Crippen LogP contribution is 2.42. The molecule has 5 nitrogen and oxygen atoms in total. The minimum absolute atomic E-state index is 0.456. The molecule has 0 aliphatic carbocycles. The number of fused-ring (bicyclic) bond motifs is 11. The molecular formula is C48H29N5. The minimum Gasteiger partial charge on any atom is -0.309 e. The van der Waals surface area contributed by atoms with Gasteiger partial charge in [0.2, 0.25) is 0 Å². The molecule has 11 aromatic rings. The van der Waals surface area contributed by atoms with Gasteiger partial charge in [0.1, 0.15) is 0 Å². The fourth-order valence-electron chi connectivity index (χ4n) is 8.73. The van der Waals surface area contributed by atoms with Crippen molar-refractivity contribution in [2.75, 3.05) is 0 Å². The summed E-state index contributed by atoms with van der Waals surface area (Å²) in [5.74, 6) is 0. The number of benzene rings is 8. The number of aromatic nitrogens is 3. The van der Waals surface area contributed by atoms with Crippen LogP contribution in [0.2, 0.25) is 0 Å². The third-order valence-electron chi connectivity index (χ3n) is 11.0. The number of para-hydroxylation sites is 4. The molecule has 1 N–H and O–H groups in total. The first-order chi connectivity index (χ1) is 26.2. The van der Waals surface area contributed by atoms with Crippen LogP contribution in [0.5, 0.6) is 0 Å². The molecule has 0 spiro atoms. The molecule has 3 heterocycles. The van der Waals surface area contributed by atoms with Crippen molar-refractivity contribution in [1.82, 2.24) is 13.7 Å². The van der Waals surface area contributed by atoms with Crippen molar-refractivity contribution in [2.24, 2.45) is 0 Å². The Morgan fingerprint density at radius 2 is 0.906 bits per heavy atom. The Bertz CT molecular complexity index is 3280. The summed E-state index contributed by atoms with van der Waals surface area (Å²) in [6.45, 7) is 0. The van der Waals surface area contributed by atoms with Crippen molar-refractivity contribution >= 4 is 82.4 Å². The minimum atomic E-state index is 0.456. The van der Waals surface area contributed by atoms with E-state index in [1.165, 1.54) is 27.8 Å². The monoisotopic (exact) mass is 675 g/mol. The van der Waals surface area contributed by atoms with Gasteiger partial charge in [0.05, 0.1) is 56.1 Å². The first-order valence-electron chi connectivity index (χ1n) is 17.8. The van der Waals surface area contributed by atoms with E-state index in [-0.39, 0.29) is 0 Å². The van der Waals surface area contributed by atoms with Crippen LogP contribution in [0, 0.1) is 16.7 Å². The van der Waals surface area contributed by atoms with E-state index in [1.807, 2.05) is 12.1 Å². The van der Waals surface area contributed by atoms with Crippen LogP contribution in [0.3, 0.4) is 0 Å². The Labute approximate surface area is 303 Å². The normalized spacial score (nSPS) is 11.8. The van der Waals surface area contributed by atoms with Crippen molar-refractivity contribution in [3.63, 3.8) is 0 Å². The summed E-state index contributed by atoms with van der Waals surface area (Å²) in [5, 5.41) is 28.2. The summed E-state index contributed by atoms with van der Waals surface area (Å²) in [7, 11) is 0. The molecule has 0 aliphatic heterocycles. The third kappa shape index (κ3) is 4.03. The number of nitrogens with one attached hydrogen (secondary N) is 1. The van der Waals surface area contributed by atoms with Gasteiger partial charge >= 0.3 is 0 Å². The van der Waals surface area contributed by atoms with E-state index in [2.05, 4.69) is 171 Å². The highest BCUT2D eigenvalue weighted by atomic mass is 15.1. The third-order valence-corrected chi connectivity index (χ3v) is 11.0. The Kier molecular flexibility index (Phi) is 6.11. The van der Waals surface area contributed by atoms with E-state index < -0.39 is 0 Å². The smallest absolute Gasteiger partial charge is 0.0999 e. The highest BCUT2D eigenvalue weighted by molar-refractivity contribution is 6.22. The van der Waals surface area contributed by atoms with E-state index in [0.29, 0.717) is 11.1 Å². The molecule has 0 amide bonds. The molecule has 0 atom stereocenters. The lowest BCUT2D eigenvalue weighted by molar-refractivity contribution is 1.09. The van der Waals surface area contributed by atoms with Crippen molar-refractivity contribution in [3.8, 4) is 23.1 Å². The Morgan fingerprint density at radius 3 is 1.49 bits per heavy atom. The van der Waals surface area contributed by atoms with Gasteiger partial charge in [-0.1, -0.05) is 103 Å². The maximum Gasteiger partial charge on any atom is 0.0999 e. The van der Waals surface area contributed by atoms with Crippen LogP contribution in [-0.2, 0) is 0 Å². The van der Waals surface area contributed by atoms with Crippen LogP contribution >= 0.6 is 0 Å². The molecule has 0 saturated carbocycles. The molecule has 8 aromatic carbocycles. The number of hydrogen-bond acceptors (Lipinski definition) is 2. The van der Waals surface area contributed by atoms with Gasteiger partial charge in [-0.15, -0.1) is 0 Å². The Morgan fingerprint density at radius 1 is 0.434 bits per heavy atom. The van der Waals surface area contributed by atoms with Crippen LogP contribution in [0.4, 0.5) is 0 Å². The summed E-state index contributed by atoms with van der Waals surface area (Å²) in [6, 6.07) is 60.3. The SMILES string of the molecule is N#Cc1cc(-n2c3ccc(-n4c5ccccc5c5ccccc54)cc3c3c4ccccc4ccc32)c(-n2c3ccccc3c3ccccc32)cc1C=N. The van der Waals surface area contributed by atoms with Crippen LogP contribution in [0.25, 0.3) is 93.3 Å². The van der Waals surface area contributed by atoms with Gasteiger partial charge in [0.25, 0.3) is 0 Å². The van der Waals surface area contributed by atoms with E-state index >= 15 is 0 Å². The number of rotatable bonds is 4. The maximum atomic E-state index is 10.4. The van der Waals surface area contributed by atoms with Gasteiger partial charge in [0.15, 0.2) is 0 Å². The zero-order chi connectivity index (χ0) is 35.2. The quantitative estimate of drug-likeness (QED) is 0.185. The molecular weight excluding hydrogens is 647 g/mol. The lowest BCUT2D eigenvalue weighted by Gasteiger charge is -2.18. The molecule has 3 aromatic heterocycles. The number of hydrogen-bond donors (Lipinski definition) is 1. The lowest BCUT2D eigenvalue weighted by atomic mass is 10.0. The van der Waals surface area contributed by atoms with E-state index in [4.69, 9.17) is 5.41 Å². The van der Waals surface area contributed by atoms with Crippen LogP contribution < -0.4 is 0 Å². The van der Waals surface area contributed by atoms with Crippen LogP contribution in [-0.4, -0.2) is 19.9 Å². The molecule has 53 heavy (non-hydrogen) atoms. The molecule has 0 radical (unpaired) electrons. The second kappa shape index (κ2) is 11.0. The van der Waals surface area contributed by atoms with Gasteiger partial charge in [-0.25, -0.2) is 0 Å². The molecule has 0 unspecified atom stereocenters. The molecule has 11 rings (SSSR count). The number of nitriles is 1. The second-order valence-electron chi connectivity index (χ2n) is 13.6. The largest absolute Gasteiger partial charge is 0.309 e. The van der Waals surface area contributed by atoms with E-state index in [9.17, 15) is 5.26 Å². The van der Waals surface area contributed by atoms with Crippen molar-refractivity contribution < 1.29 is 0 Å². The van der Waals surface area contributed by atoms with Crippen LogP contribution in [0.1, 0.15) is 11.1 Å². The predicted octanol–water partition coefficient (Wildman–Crippen LogP) is 12.0. The molecule has 0 fully saturated rings. The van der Waals surface area contributed by atoms with Gasteiger partial charge in [0, 0.05) is 49.8 Å². The Balaban J connectivity index is 1.30. The summed E-state index contributed by atoms with van der Waals surface area (Å²) in [4.78, 5) is 0. The van der Waals surface area contributed by atoms with Crippen LogP contribution in [0.15, 0.2) is 164 Å². The second-order valence-corrected chi connectivity index (χ2v) is 13.6. The number of nitrogens with zero attached hydrogens (tertiary/aromatic N) is 4. The van der Waals surface area contributed by atoms with Gasteiger partial charge in [-0.3, -0.25) is 0 Å². The summed E-state index contributed by atoms with van der Waals surface area (Å²) < 4.78 is 6.98. The zero-order valence-electron chi connectivity index (χ0n) is 28.5. The fourth-order valence-corrected chi connectivity index (χ4v) is 8.73. The Hall–Kier alpha value is -7.42. The fraction of sp³-hybridized carbons (Fsp3) is 0. The summed E-state index contributed by atoms with van der Waals surface area (Å²) in [6.07, 6.45) is 1.29. The van der Waals surface area contributed by atoms with E-state index in [1.54, 1.807) is 0 Å². The standard InChI is InChI=1S/C48H29N5/c49-28-31-25-46(52-42-19-9-5-15-37(42)38-16-6-10-20-43(38)52)47(26-32(31)29-50)53-44-24-22-33(27-39(44)48-34-12-2-1-11-30(34)21-23-45(48)53)51-40-17-7-3-13-35(40)36-14-4-8-18-41(36)51/h1-28,49H. The average Bonchev–Trinajstić information content (AvgIpc) is 3.86. The highest BCUT2D eigenvalue weighted by Gasteiger charge is 2.23. The predicted molar refractivity (Wildman–Crippen MR) is 220 cm³/mol. The average molecular weight is 676 g/mol. The molecule has 0 aliphatic rings. The summed E-state index contributed by atoms with van der Waals surface area (Å²) in [5.41, 5.74) is 10.4. The van der Waals surface area contributed by atoms with Crippen molar-refractivity contribution in [1.29, 1.82) is 10.7 Å². The zero-order valence-corrected chi connectivity index (χ0v) is 28.5. The first-order valence-corrected chi connectivity index (χ1v) is 17.8. The van der Waals surface area contributed by atoms with E-state index in [0.717, 1.165) is 71.7 Å². The van der Waals surface area contributed by atoms with Crippen molar-refractivity contribution in [2.45, 2.75) is 0 Å². The maximum absolute atomic E-state index is 10.4. The van der Waals surface area contributed by atoms with Gasteiger partial charge < -0.3 is 19.1 Å². The van der Waals surface area contributed by atoms with Gasteiger partial charge in [-0.2, -0.15) is 5.26 Å².